The van der Waals surface area contributed by atoms with Crippen molar-refractivity contribution in [3.05, 3.63) is 67.3 Å². The van der Waals surface area contributed by atoms with Crippen molar-refractivity contribution >= 4 is 11.0 Å². The summed E-state index contributed by atoms with van der Waals surface area (Å²) in [5, 5.41) is 9.40. The number of nitrogens with one attached hydrogen (secondary N) is 1. The third-order valence-corrected chi connectivity index (χ3v) is 4.01. The molecule has 0 fully saturated rings. The zero-order chi connectivity index (χ0) is 16.6. The maximum Gasteiger partial charge on any atom is 0.259 e. The van der Waals surface area contributed by atoms with E-state index in [2.05, 4.69) is 25.2 Å². The van der Waals surface area contributed by atoms with E-state index in [1.54, 1.807) is 17.1 Å². The van der Waals surface area contributed by atoms with Gasteiger partial charge >= 0.3 is 0 Å². The van der Waals surface area contributed by atoms with Crippen molar-refractivity contribution in [1.82, 2.24) is 29.9 Å². The Hall–Kier alpha value is -3.74. The molecule has 4 aromatic heterocycles. The van der Waals surface area contributed by atoms with Gasteiger partial charge in [-0.15, -0.1) is 0 Å². The smallest absolute Gasteiger partial charge is 0.259 e. The summed E-state index contributed by atoms with van der Waals surface area (Å²) in [7, 11) is 0. The summed E-state index contributed by atoms with van der Waals surface area (Å²) in [5.74, 6) is 0.971. The van der Waals surface area contributed by atoms with E-state index in [-0.39, 0.29) is 0 Å². The highest BCUT2D eigenvalue weighted by molar-refractivity contribution is 5.90. The zero-order valence-electron chi connectivity index (χ0n) is 13.0. The number of aromatic amines is 1. The number of rotatable bonds is 3. The van der Waals surface area contributed by atoms with Gasteiger partial charge in [0.2, 0.25) is 5.82 Å². The second-order valence-corrected chi connectivity index (χ2v) is 5.49. The fraction of sp³-hybridized carbons (Fsp3) is 0. The van der Waals surface area contributed by atoms with E-state index in [9.17, 15) is 0 Å². The highest BCUT2D eigenvalue weighted by Gasteiger charge is 2.16. The van der Waals surface area contributed by atoms with Crippen LogP contribution in [0.2, 0.25) is 0 Å². The molecule has 0 aliphatic carbocycles. The Balaban J connectivity index is 1.64. The van der Waals surface area contributed by atoms with Crippen LogP contribution in [0.1, 0.15) is 0 Å². The molecule has 1 aromatic carbocycles. The predicted octanol–water partition coefficient (Wildman–Crippen LogP) is 3.47. The lowest BCUT2D eigenvalue weighted by molar-refractivity contribution is 0.432. The number of nitrogens with zero attached hydrogens (tertiary/aromatic N) is 5. The van der Waals surface area contributed by atoms with Crippen LogP contribution >= 0.6 is 0 Å². The molecule has 5 aromatic rings. The fourth-order valence-electron chi connectivity index (χ4n) is 2.86. The van der Waals surface area contributed by atoms with Gasteiger partial charge in [0.1, 0.15) is 5.65 Å². The van der Waals surface area contributed by atoms with Gasteiger partial charge in [-0.3, -0.25) is 0 Å². The summed E-state index contributed by atoms with van der Waals surface area (Å²) in [4.78, 5) is 12.0. The summed E-state index contributed by atoms with van der Waals surface area (Å²) in [5.41, 5.74) is 3.37. The SMILES string of the molecule is c1ccc(-n2cccn2)c(-c2noc(-c3ccnc4[nH]ccc34)n2)c1. The minimum absolute atomic E-state index is 0.456. The maximum absolute atomic E-state index is 5.52. The van der Waals surface area contributed by atoms with Gasteiger partial charge in [-0.05, 0) is 30.3 Å². The van der Waals surface area contributed by atoms with Crippen LogP contribution in [0.3, 0.4) is 0 Å². The molecule has 0 bridgehead atoms. The number of hydrogen-bond donors (Lipinski definition) is 1. The first-order chi connectivity index (χ1) is 12.4. The molecule has 0 saturated carbocycles. The molecule has 4 heterocycles. The van der Waals surface area contributed by atoms with Gasteiger partial charge in [0.15, 0.2) is 0 Å². The number of aromatic nitrogens is 6. The van der Waals surface area contributed by atoms with E-state index in [0.29, 0.717) is 11.7 Å². The summed E-state index contributed by atoms with van der Waals surface area (Å²) >= 11 is 0. The van der Waals surface area contributed by atoms with Gasteiger partial charge in [0, 0.05) is 35.7 Å². The second-order valence-electron chi connectivity index (χ2n) is 5.49. The van der Waals surface area contributed by atoms with Crippen LogP contribution in [0.5, 0.6) is 0 Å². The number of pyridine rings is 1. The molecule has 7 heteroatoms. The van der Waals surface area contributed by atoms with Crippen LogP contribution in [-0.2, 0) is 0 Å². The Kier molecular flexibility index (Phi) is 2.96. The highest BCUT2D eigenvalue weighted by atomic mass is 16.5. The van der Waals surface area contributed by atoms with Crippen LogP contribution in [0.25, 0.3) is 39.6 Å². The van der Waals surface area contributed by atoms with Crippen molar-refractivity contribution in [2.24, 2.45) is 0 Å². The lowest BCUT2D eigenvalue weighted by Gasteiger charge is -2.05. The maximum atomic E-state index is 5.52. The molecule has 1 N–H and O–H groups in total. The Morgan fingerprint density at radius 2 is 1.92 bits per heavy atom. The van der Waals surface area contributed by atoms with Gasteiger partial charge in [0.25, 0.3) is 5.89 Å². The molecule has 5 rings (SSSR count). The zero-order valence-corrected chi connectivity index (χ0v) is 13.0. The van der Waals surface area contributed by atoms with E-state index in [0.717, 1.165) is 27.8 Å². The molecule has 7 nitrogen and oxygen atoms in total. The first-order valence-corrected chi connectivity index (χ1v) is 7.76. The van der Waals surface area contributed by atoms with Gasteiger partial charge in [-0.1, -0.05) is 17.3 Å². The second kappa shape index (κ2) is 5.41. The van der Waals surface area contributed by atoms with Crippen molar-refractivity contribution < 1.29 is 4.52 Å². The van der Waals surface area contributed by atoms with E-state index in [1.807, 2.05) is 54.9 Å². The largest absolute Gasteiger partial charge is 0.346 e. The average molecular weight is 328 g/mol. The Bertz CT molecular complexity index is 1160. The van der Waals surface area contributed by atoms with Gasteiger partial charge < -0.3 is 9.51 Å². The lowest BCUT2D eigenvalue weighted by atomic mass is 10.1. The van der Waals surface area contributed by atoms with E-state index in [1.165, 1.54) is 0 Å². The van der Waals surface area contributed by atoms with Crippen molar-refractivity contribution in [2.45, 2.75) is 0 Å². The molecule has 120 valence electrons. The van der Waals surface area contributed by atoms with Crippen molar-refractivity contribution in [3.63, 3.8) is 0 Å². The van der Waals surface area contributed by atoms with Crippen molar-refractivity contribution in [2.75, 3.05) is 0 Å². The average Bonchev–Trinajstić information content (AvgIpc) is 3.42. The summed E-state index contributed by atoms with van der Waals surface area (Å²) in [6.45, 7) is 0. The minimum atomic E-state index is 0.456. The van der Waals surface area contributed by atoms with Crippen LogP contribution in [0.15, 0.2) is 71.8 Å². The number of benzene rings is 1. The Morgan fingerprint density at radius 1 is 0.960 bits per heavy atom. The first kappa shape index (κ1) is 13.7. The van der Waals surface area contributed by atoms with E-state index >= 15 is 0 Å². The number of hydrogen-bond acceptors (Lipinski definition) is 5. The molecular formula is C18H12N6O. The molecule has 0 amide bonds. The van der Waals surface area contributed by atoms with Crippen molar-refractivity contribution in [1.29, 1.82) is 0 Å². The molecular weight excluding hydrogens is 316 g/mol. The van der Waals surface area contributed by atoms with Crippen LogP contribution < -0.4 is 0 Å². The van der Waals surface area contributed by atoms with E-state index < -0.39 is 0 Å². The molecule has 0 spiro atoms. The van der Waals surface area contributed by atoms with Crippen LogP contribution in [0, 0.1) is 0 Å². The van der Waals surface area contributed by atoms with Gasteiger partial charge in [-0.2, -0.15) is 10.1 Å². The minimum Gasteiger partial charge on any atom is -0.346 e. The highest BCUT2D eigenvalue weighted by Crippen LogP contribution is 2.29. The summed E-state index contributed by atoms with van der Waals surface area (Å²) < 4.78 is 7.30. The molecule has 0 aliphatic rings. The monoisotopic (exact) mass is 328 g/mol. The topological polar surface area (TPSA) is 85.4 Å². The third kappa shape index (κ3) is 2.21. The Labute approximate surface area is 142 Å². The normalized spacial score (nSPS) is 11.2. The summed E-state index contributed by atoms with van der Waals surface area (Å²) in [6, 6.07) is 13.5. The first-order valence-electron chi connectivity index (χ1n) is 7.76. The quantitative estimate of drug-likeness (QED) is 0.548. The van der Waals surface area contributed by atoms with Crippen molar-refractivity contribution in [3.8, 4) is 28.5 Å². The number of H-pyrrole nitrogens is 1. The molecule has 0 saturated heterocycles. The third-order valence-electron chi connectivity index (χ3n) is 4.01. The Morgan fingerprint density at radius 3 is 2.84 bits per heavy atom. The lowest BCUT2D eigenvalue weighted by Crippen LogP contribution is -1.97. The summed E-state index contributed by atoms with van der Waals surface area (Å²) in [6.07, 6.45) is 7.17. The molecule has 25 heavy (non-hydrogen) atoms. The number of fused-ring (bicyclic) bond motifs is 1. The van der Waals surface area contributed by atoms with Crippen LogP contribution in [0.4, 0.5) is 0 Å². The van der Waals surface area contributed by atoms with Gasteiger partial charge in [0.05, 0.1) is 11.3 Å². The molecule has 0 aliphatic heterocycles. The van der Waals surface area contributed by atoms with Gasteiger partial charge in [-0.25, -0.2) is 9.67 Å². The number of para-hydroxylation sites is 1. The molecule has 0 radical (unpaired) electrons. The van der Waals surface area contributed by atoms with E-state index in [4.69, 9.17) is 4.52 Å². The standard InChI is InChI=1S/C18H12N6O/c1-2-5-15(24-11-3-8-21-24)14(4-1)17-22-18(25-23-17)13-7-10-20-16-12(13)6-9-19-16/h1-11H,(H,19,20). The fourth-order valence-corrected chi connectivity index (χ4v) is 2.86. The predicted molar refractivity (Wildman–Crippen MR) is 91.9 cm³/mol. The van der Waals surface area contributed by atoms with Crippen LogP contribution in [-0.4, -0.2) is 29.9 Å². The molecule has 0 unspecified atom stereocenters. The molecule has 0 atom stereocenters.